The van der Waals surface area contributed by atoms with E-state index in [1.54, 1.807) is 23.5 Å². The summed E-state index contributed by atoms with van der Waals surface area (Å²) < 4.78 is 0. The number of nitro benzene ring substituents is 1. The fraction of sp³-hybridized carbons (Fsp3) is 0.421. The Morgan fingerprint density at radius 3 is 2.57 bits per heavy atom. The van der Waals surface area contributed by atoms with Crippen LogP contribution in [0.4, 0.5) is 10.7 Å². The van der Waals surface area contributed by atoms with E-state index in [1.165, 1.54) is 17.1 Å². The number of non-ortho nitro benzene ring substituents is 1. The Morgan fingerprint density at radius 1 is 1.29 bits per heavy atom. The zero-order chi connectivity index (χ0) is 19.1. The maximum Gasteiger partial charge on any atom is 0.269 e. The number of nitro groups is 1. The van der Waals surface area contributed by atoms with Crippen LogP contribution in [0.5, 0.6) is 0 Å². The minimum absolute atomic E-state index is 0. The summed E-state index contributed by atoms with van der Waals surface area (Å²) in [5.74, 6) is 0.797. The number of benzene rings is 1. The lowest BCUT2D eigenvalue weighted by Gasteiger charge is -2.33. The Kier molecular flexibility index (Phi) is 8.97. The number of guanidine groups is 1. The van der Waals surface area contributed by atoms with Crippen molar-refractivity contribution in [3.05, 3.63) is 57.5 Å². The van der Waals surface area contributed by atoms with Gasteiger partial charge in [0.15, 0.2) is 5.96 Å². The van der Waals surface area contributed by atoms with Crippen molar-refractivity contribution < 1.29 is 4.92 Å². The first-order chi connectivity index (χ1) is 13.2. The summed E-state index contributed by atoms with van der Waals surface area (Å²) in [6.07, 6.45) is 2.14. The van der Waals surface area contributed by atoms with Crippen LogP contribution in [0.1, 0.15) is 25.3 Å². The highest BCUT2D eigenvalue weighted by atomic mass is 127. The first-order valence-electron chi connectivity index (χ1n) is 9.22. The van der Waals surface area contributed by atoms with Gasteiger partial charge in [0.05, 0.1) is 16.5 Å². The lowest BCUT2D eigenvalue weighted by molar-refractivity contribution is -0.384. The van der Waals surface area contributed by atoms with E-state index in [2.05, 4.69) is 38.0 Å². The van der Waals surface area contributed by atoms with E-state index < -0.39 is 0 Å². The van der Waals surface area contributed by atoms with Gasteiger partial charge in [0.2, 0.25) is 0 Å². The van der Waals surface area contributed by atoms with Crippen LogP contribution in [0.25, 0.3) is 0 Å². The largest absolute Gasteiger partial charge is 0.363 e. The number of anilines is 1. The number of nitrogens with one attached hydrogen (secondary N) is 2. The average molecular weight is 515 g/mol. The second-order valence-electron chi connectivity index (χ2n) is 6.48. The molecule has 0 bridgehead atoms. The Bertz CT molecular complexity index is 759. The molecule has 1 saturated heterocycles. The smallest absolute Gasteiger partial charge is 0.269 e. The van der Waals surface area contributed by atoms with E-state index in [-0.39, 0.29) is 34.6 Å². The van der Waals surface area contributed by atoms with Gasteiger partial charge in [-0.3, -0.25) is 10.1 Å². The molecule has 2 N–H and O–H groups in total. The Morgan fingerprint density at radius 2 is 2.00 bits per heavy atom. The van der Waals surface area contributed by atoms with Crippen molar-refractivity contribution in [2.45, 2.75) is 32.4 Å². The number of piperidine rings is 1. The van der Waals surface area contributed by atoms with Gasteiger partial charge in [-0.2, -0.15) is 0 Å². The van der Waals surface area contributed by atoms with Gasteiger partial charge in [0, 0.05) is 37.8 Å². The summed E-state index contributed by atoms with van der Waals surface area (Å²) in [5, 5.41) is 21.0. The van der Waals surface area contributed by atoms with Gasteiger partial charge in [-0.1, -0.05) is 12.1 Å². The molecular weight excluding hydrogens is 489 g/mol. The van der Waals surface area contributed by atoms with Crippen LogP contribution in [-0.4, -0.2) is 36.6 Å². The number of rotatable bonds is 6. The Balaban J connectivity index is 0.00000280. The van der Waals surface area contributed by atoms with Crippen LogP contribution < -0.4 is 15.5 Å². The molecular formula is C19H26IN5O2S. The molecule has 1 aliphatic rings. The summed E-state index contributed by atoms with van der Waals surface area (Å²) in [4.78, 5) is 17.4. The van der Waals surface area contributed by atoms with Gasteiger partial charge < -0.3 is 15.5 Å². The van der Waals surface area contributed by atoms with Crippen molar-refractivity contribution in [3.8, 4) is 0 Å². The van der Waals surface area contributed by atoms with Crippen LogP contribution in [0.2, 0.25) is 0 Å². The lowest BCUT2D eigenvalue weighted by Crippen LogP contribution is -2.48. The van der Waals surface area contributed by atoms with Gasteiger partial charge in [-0.05, 0) is 42.8 Å². The highest BCUT2D eigenvalue weighted by molar-refractivity contribution is 14.0. The normalized spacial score (nSPS) is 15.0. The number of halogens is 1. The lowest BCUT2D eigenvalue weighted by atomic mass is 10.1. The SMILES string of the molecule is CCNC(=NCc1ccc([N+](=O)[O-])cc1)NC1CCN(c2cccs2)CC1.I. The van der Waals surface area contributed by atoms with E-state index in [0.717, 1.165) is 44.0 Å². The Hall–Kier alpha value is -1.88. The molecule has 0 aliphatic carbocycles. The van der Waals surface area contributed by atoms with E-state index in [0.29, 0.717) is 12.6 Å². The summed E-state index contributed by atoms with van der Waals surface area (Å²) in [7, 11) is 0. The number of nitrogens with zero attached hydrogens (tertiary/aromatic N) is 3. The first-order valence-corrected chi connectivity index (χ1v) is 10.1. The zero-order valence-corrected chi connectivity index (χ0v) is 19.0. The van der Waals surface area contributed by atoms with Crippen molar-refractivity contribution in [2.75, 3.05) is 24.5 Å². The molecule has 0 spiro atoms. The molecule has 0 saturated carbocycles. The summed E-state index contributed by atoms with van der Waals surface area (Å²) in [5.41, 5.74) is 1.05. The predicted octanol–water partition coefficient (Wildman–Crippen LogP) is 4.00. The van der Waals surface area contributed by atoms with Crippen molar-refractivity contribution in [3.63, 3.8) is 0 Å². The van der Waals surface area contributed by atoms with Gasteiger partial charge in [-0.25, -0.2) is 4.99 Å². The van der Waals surface area contributed by atoms with E-state index >= 15 is 0 Å². The molecule has 0 unspecified atom stereocenters. The number of aliphatic imine (C=N–C) groups is 1. The Labute approximate surface area is 186 Å². The molecule has 0 atom stereocenters. The minimum atomic E-state index is -0.388. The topological polar surface area (TPSA) is 82.8 Å². The molecule has 2 aromatic rings. The third-order valence-electron chi connectivity index (χ3n) is 4.56. The second kappa shape index (κ2) is 11.2. The molecule has 152 valence electrons. The highest BCUT2D eigenvalue weighted by Gasteiger charge is 2.20. The van der Waals surface area contributed by atoms with Gasteiger partial charge in [0.1, 0.15) is 0 Å². The monoisotopic (exact) mass is 515 g/mol. The fourth-order valence-electron chi connectivity index (χ4n) is 3.10. The quantitative estimate of drug-likeness (QED) is 0.200. The number of hydrogen-bond donors (Lipinski definition) is 2. The van der Waals surface area contributed by atoms with Crippen molar-refractivity contribution in [1.29, 1.82) is 0 Å². The molecule has 1 fully saturated rings. The molecule has 0 radical (unpaired) electrons. The third kappa shape index (κ3) is 6.33. The zero-order valence-electron chi connectivity index (χ0n) is 15.8. The van der Waals surface area contributed by atoms with E-state index in [4.69, 9.17) is 0 Å². The van der Waals surface area contributed by atoms with Gasteiger partial charge in [-0.15, -0.1) is 35.3 Å². The molecule has 1 aliphatic heterocycles. The summed E-state index contributed by atoms with van der Waals surface area (Å²) >= 11 is 1.79. The van der Waals surface area contributed by atoms with E-state index in [1.807, 2.05) is 6.92 Å². The first kappa shape index (κ1) is 22.4. The molecule has 28 heavy (non-hydrogen) atoms. The minimum Gasteiger partial charge on any atom is -0.363 e. The summed E-state index contributed by atoms with van der Waals surface area (Å²) in [6.45, 7) is 5.41. The predicted molar refractivity (Wildman–Crippen MR) is 126 cm³/mol. The maximum absolute atomic E-state index is 10.7. The molecule has 7 nitrogen and oxygen atoms in total. The van der Waals surface area contributed by atoms with Crippen LogP contribution in [0.15, 0.2) is 46.8 Å². The summed E-state index contributed by atoms with van der Waals surface area (Å²) in [6, 6.07) is 11.2. The standard InChI is InChI=1S/C19H25N5O2S.HI/c1-2-20-19(21-14-15-5-7-17(8-6-15)24(25)26)22-16-9-11-23(12-10-16)18-4-3-13-27-18;/h3-8,13,16H,2,9-12,14H2,1H3,(H2,20,21,22);1H. The van der Waals surface area contributed by atoms with Crippen LogP contribution in [0, 0.1) is 10.1 Å². The fourth-order valence-corrected chi connectivity index (χ4v) is 3.89. The van der Waals surface area contributed by atoms with Crippen molar-refractivity contribution in [1.82, 2.24) is 10.6 Å². The molecule has 1 aromatic heterocycles. The number of thiophene rings is 1. The van der Waals surface area contributed by atoms with E-state index in [9.17, 15) is 10.1 Å². The molecule has 0 amide bonds. The van der Waals surface area contributed by atoms with Crippen LogP contribution >= 0.6 is 35.3 Å². The molecule has 2 heterocycles. The van der Waals surface area contributed by atoms with Gasteiger partial charge >= 0.3 is 0 Å². The van der Waals surface area contributed by atoms with Crippen molar-refractivity contribution in [2.24, 2.45) is 4.99 Å². The van der Waals surface area contributed by atoms with Crippen molar-refractivity contribution >= 4 is 52.0 Å². The number of hydrogen-bond acceptors (Lipinski definition) is 5. The van der Waals surface area contributed by atoms with Crippen LogP contribution in [-0.2, 0) is 6.54 Å². The average Bonchev–Trinajstić information content (AvgIpc) is 3.22. The molecule has 9 heteroatoms. The maximum atomic E-state index is 10.7. The molecule has 3 rings (SSSR count). The third-order valence-corrected chi connectivity index (χ3v) is 5.49. The molecule has 1 aromatic carbocycles. The highest BCUT2D eigenvalue weighted by Crippen LogP contribution is 2.24. The second-order valence-corrected chi connectivity index (χ2v) is 7.40. The van der Waals surface area contributed by atoms with Crippen LogP contribution in [0.3, 0.4) is 0 Å². The van der Waals surface area contributed by atoms with Gasteiger partial charge in [0.25, 0.3) is 5.69 Å².